The van der Waals surface area contributed by atoms with Gasteiger partial charge in [-0.2, -0.15) is 4.57 Å². The maximum Gasteiger partial charge on any atom is 0.269 e. The van der Waals surface area contributed by atoms with E-state index in [1.807, 2.05) is 54.9 Å². The van der Waals surface area contributed by atoms with Crippen molar-refractivity contribution >= 4 is 34.3 Å². The second kappa shape index (κ2) is 9.70. The van der Waals surface area contributed by atoms with Crippen LogP contribution in [-0.4, -0.2) is 9.91 Å². The van der Waals surface area contributed by atoms with E-state index in [9.17, 15) is 15.2 Å². The zero-order valence-electron chi connectivity index (χ0n) is 18.2. The lowest BCUT2D eigenvalue weighted by Gasteiger charge is -2.19. The summed E-state index contributed by atoms with van der Waals surface area (Å²) in [5.41, 5.74) is 2.65. The molecule has 3 rings (SSSR count). The first kappa shape index (κ1) is 23.1. The molecule has 1 N–H and O–H groups in total. The van der Waals surface area contributed by atoms with Crippen molar-refractivity contribution in [1.82, 2.24) is 5.32 Å². The van der Waals surface area contributed by atoms with E-state index >= 15 is 0 Å². The number of thiocarbonyl (C=S) groups is 1. The molecule has 2 aromatic carbocycles. The maximum atomic E-state index is 13.4. The number of aromatic nitrogens is 1. The number of nitro benzene ring substituents is 1. The highest BCUT2D eigenvalue weighted by molar-refractivity contribution is 7.81. The van der Waals surface area contributed by atoms with Crippen LogP contribution >= 0.6 is 12.2 Å². The van der Waals surface area contributed by atoms with Gasteiger partial charge in [0.2, 0.25) is 5.70 Å². The van der Waals surface area contributed by atoms with E-state index in [0.717, 1.165) is 11.1 Å². The van der Waals surface area contributed by atoms with Crippen molar-refractivity contribution < 1.29 is 14.6 Å². The highest BCUT2D eigenvalue weighted by atomic mass is 32.1. The number of benzene rings is 2. The molecule has 164 valence electrons. The first-order valence-electron chi connectivity index (χ1n) is 10.2. The van der Waals surface area contributed by atoms with Crippen LogP contribution in [-0.2, 0) is 12.0 Å². The predicted molar refractivity (Wildman–Crippen MR) is 127 cm³/mol. The van der Waals surface area contributed by atoms with Gasteiger partial charge in [-0.25, -0.2) is 0 Å². The summed E-state index contributed by atoms with van der Waals surface area (Å²) in [7, 11) is 0. The number of nitro groups is 1. The van der Waals surface area contributed by atoms with E-state index in [1.54, 1.807) is 4.57 Å². The minimum atomic E-state index is -0.495. The minimum Gasteiger partial charge on any atom is -0.867 e. The third-order valence-electron chi connectivity index (χ3n) is 5.02. The number of hydrogen-bond donors (Lipinski definition) is 1. The van der Waals surface area contributed by atoms with E-state index < -0.39 is 4.92 Å². The van der Waals surface area contributed by atoms with Crippen molar-refractivity contribution in [2.24, 2.45) is 0 Å². The third kappa shape index (κ3) is 5.56. The maximum absolute atomic E-state index is 13.4. The van der Waals surface area contributed by atoms with Crippen LogP contribution in [0.1, 0.15) is 37.5 Å². The van der Waals surface area contributed by atoms with Crippen LogP contribution in [0.5, 0.6) is 0 Å². The number of rotatable bonds is 6. The molecule has 0 aliphatic rings. The molecule has 6 nitrogen and oxygen atoms in total. The van der Waals surface area contributed by atoms with Crippen molar-refractivity contribution in [1.29, 1.82) is 0 Å². The van der Waals surface area contributed by atoms with Gasteiger partial charge in [0.25, 0.3) is 5.69 Å². The summed E-state index contributed by atoms with van der Waals surface area (Å²) in [6, 6.07) is 19.2. The highest BCUT2D eigenvalue weighted by Gasteiger charge is 2.21. The molecule has 0 saturated heterocycles. The average molecular weight is 448 g/mol. The molecule has 0 fully saturated rings. The number of nitrogens with zero attached hydrogens (tertiary/aromatic N) is 2. The van der Waals surface area contributed by atoms with Crippen LogP contribution in [0.25, 0.3) is 11.5 Å². The molecule has 0 spiro atoms. The lowest BCUT2D eigenvalue weighted by atomic mass is 9.88. The van der Waals surface area contributed by atoms with Gasteiger partial charge in [0.05, 0.1) is 4.92 Å². The van der Waals surface area contributed by atoms with Gasteiger partial charge in [-0.05, 0) is 40.0 Å². The Kier molecular flexibility index (Phi) is 7.00. The molecule has 1 aromatic heterocycles. The van der Waals surface area contributed by atoms with Gasteiger partial charge in [-0.1, -0.05) is 63.3 Å². The summed E-state index contributed by atoms with van der Waals surface area (Å²) in [5.74, 6) is -0.320. The van der Waals surface area contributed by atoms with E-state index in [1.165, 1.54) is 24.3 Å². The smallest absolute Gasteiger partial charge is 0.269 e. The second-order valence-electron chi connectivity index (χ2n) is 8.39. The monoisotopic (exact) mass is 447 g/mol. The Morgan fingerprint density at radius 2 is 1.59 bits per heavy atom. The molecule has 7 heteroatoms. The Balaban J connectivity index is 2.00. The summed E-state index contributed by atoms with van der Waals surface area (Å²) in [4.78, 5) is 10.8. The van der Waals surface area contributed by atoms with Crippen LogP contribution < -0.4 is 15.0 Å². The van der Waals surface area contributed by atoms with Crippen LogP contribution in [0.2, 0.25) is 0 Å². The van der Waals surface area contributed by atoms with E-state index in [4.69, 9.17) is 12.2 Å². The molecule has 1 heterocycles. The fourth-order valence-electron chi connectivity index (χ4n) is 3.15. The van der Waals surface area contributed by atoms with Crippen LogP contribution in [0, 0.1) is 10.1 Å². The van der Waals surface area contributed by atoms with Crippen LogP contribution in [0.3, 0.4) is 0 Å². The first-order valence-corrected chi connectivity index (χ1v) is 10.6. The minimum absolute atomic E-state index is 0.0340. The zero-order valence-corrected chi connectivity index (χ0v) is 19.1. The fraction of sp³-hybridized carbons (Fsp3) is 0.200. The SMILES string of the molecule is CC(C)(C)c1cc[n+](C(C(=S)NCc2ccccc2)=C([O-])c2ccc([N+](=O)[O-])cc2)cc1. The van der Waals surface area contributed by atoms with E-state index in [2.05, 4.69) is 26.1 Å². The molecule has 0 atom stereocenters. The molecule has 32 heavy (non-hydrogen) atoms. The Morgan fingerprint density at radius 1 is 1.00 bits per heavy atom. The Bertz CT molecular complexity index is 1130. The first-order chi connectivity index (χ1) is 15.2. The van der Waals surface area contributed by atoms with Gasteiger partial charge in [0, 0.05) is 30.8 Å². The zero-order chi connectivity index (χ0) is 23.3. The summed E-state index contributed by atoms with van der Waals surface area (Å²) in [5, 5.41) is 27.5. The van der Waals surface area contributed by atoms with Gasteiger partial charge < -0.3 is 10.4 Å². The fourth-order valence-corrected chi connectivity index (χ4v) is 3.42. The molecular weight excluding hydrogens is 422 g/mol. The quantitative estimate of drug-likeness (QED) is 0.154. The Labute approximate surface area is 193 Å². The average Bonchev–Trinajstić information content (AvgIpc) is 2.78. The van der Waals surface area contributed by atoms with Gasteiger partial charge >= 0.3 is 0 Å². The molecule has 0 amide bonds. The highest BCUT2D eigenvalue weighted by Crippen LogP contribution is 2.22. The van der Waals surface area contributed by atoms with Crippen molar-refractivity contribution in [2.75, 3.05) is 0 Å². The molecular formula is C25H25N3O3S. The molecule has 3 aromatic rings. The second-order valence-corrected chi connectivity index (χ2v) is 8.80. The van der Waals surface area contributed by atoms with Crippen molar-refractivity contribution in [3.63, 3.8) is 0 Å². The molecule has 0 aliphatic heterocycles. The van der Waals surface area contributed by atoms with E-state index in [-0.39, 0.29) is 22.6 Å². The summed E-state index contributed by atoms with van der Waals surface area (Å²) in [6.45, 7) is 6.82. The summed E-state index contributed by atoms with van der Waals surface area (Å²) in [6.07, 6.45) is 3.63. The van der Waals surface area contributed by atoms with Crippen LogP contribution in [0.15, 0.2) is 79.1 Å². The third-order valence-corrected chi connectivity index (χ3v) is 5.36. The van der Waals surface area contributed by atoms with Crippen molar-refractivity contribution in [3.05, 3.63) is 106 Å². The summed E-state index contributed by atoms with van der Waals surface area (Å²) >= 11 is 5.61. The van der Waals surface area contributed by atoms with E-state index in [0.29, 0.717) is 17.1 Å². The number of non-ortho nitro benzene ring substituents is 1. The Morgan fingerprint density at radius 3 is 2.12 bits per heavy atom. The van der Waals surface area contributed by atoms with Crippen LogP contribution in [0.4, 0.5) is 5.69 Å². The Hall–Kier alpha value is -3.58. The molecule has 0 unspecified atom stereocenters. The molecule has 0 aliphatic carbocycles. The standard InChI is InChI=1S/C25H25N3O3S/c1-25(2,3)20-13-15-27(16-14-20)22(24(32)26-17-18-7-5-4-6-8-18)23(29)19-9-11-21(12-10-19)28(30)31/h4-16H,17H2,1-3H3,(H-,26,29,32). The lowest BCUT2D eigenvalue weighted by molar-refractivity contribution is -0.578. The van der Waals surface area contributed by atoms with Crippen molar-refractivity contribution in [3.8, 4) is 0 Å². The van der Waals surface area contributed by atoms with Gasteiger partial charge in [0.15, 0.2) is 17.4 Å². The number of pyridine rings is 1. The molecule has 0 bridgehead atoms. The largest absolute Gasteiger partial charge is 0.867 e. The van der Waals surface area contributed by atoms with Gasteiger partial charge in [-0.15, -0.1) is 0 Å². The van der Waals surface area contributed by atoms with Gasteiger partial charge in [-0.3, -0.25) is 10.1 Å². The number of nitrogens with one attached hydrogen (secondary N) is 1. The van der Waals surface area contributed by atoms with Crippen molar-refractivity contribution in [2.45, 2.75) is 32.7 Å². The lowest BCUT2D eigenvalue weighted by Crippen LogP contribution is -2.42. The topological polar surface area (TPSA) is 82.1 Å². The van der Waals surface area contributed by atoms with Gasteiger partial charge in [0.1, 0.15) is 0 Å². The predicted octanol–water partition coefficient (Wildman–Crippen LogP) is 3.98. The molecule has 0 saturated carbocycles. The molecule has 0 radical (unpaired) electrons. The number of hydrogen-bond acceptors (Lipinski definition) is 4. The normalized spacial score (nSPS) is 12.1. The summed E-state index contributed by atoms with van der Waals surface area (Å²) < 4.78 is 1.69.